The first kappa shape index (κ1) is 14.7. The number of hydrogen-bond donors (Lipinski definition) is 0. The lowest BCUT2D eigenvalue weighted by Crippen LogP contribution is -2.28. The Morgan fingerprint density at radius 2 is 2.25 bits per heavy atom. The first-order chi connectivity index (χ1) is 11.7. The summed E-state index contributed by atoms with van der Waals surface area (Å²) in [5.41, 5.74) is 4.04. The highest BCUT2D eigenvalue weighted by Crippen LogP contribution is 2.35. The number of hydrogen-bond acceptors (Lipinski definition) is 4. The van der Waals surface area contributed by atoms with E-state index in [0.29, 0.717) is 12.0 Å². The topological polar surface area (TPSA) is 51.0 Å². The van der Waals surface area contributed by atoms with Gasteiger partial charge in [-0.05, 0) is 31.0 Å². The molecule has 2 aromatic heterocycles. The van der Waals surface area contributed by atoms with Crippen molar-refractivity contribution in [2.45, 2.75) is 25.8 Å². The van der Waals surface area contributed by atoms with Crippen molar-refractivity contribution in [2.75, 3.05) is 13.1 Å². The van der Waals surface area contributed by atoms with Crippen LogP contribution in [0.5, 0.6) is 0 Å². The predicted octanol–water partition coefficient (Wildman–Crippen LogP) is 2.00. The number of ketones is 1. The number of aryl methyl sites for hydroxylation is 1. The fraction of sp³-hybridized carbons (Fsp3) is 0.316. The van der Waals surface area contributed by atoms with Crippen molar-refractivity contribution in [1.29, 1.82) is 0 Å². The highest BCUT2D eigenvalue weighted by molar-refractivity contribution is 6.09. The average Bonchev–Trinajstić information content (AvgIpc) is 3.25. The van der Waals surface area contributed by atoms with Gasteiger partial charge in [0.05, 0.1) is 23.0 Å². The SMILES string of the molecule is C#CC1=C(N2CC[C@@H](n3cccn3)C2)c2nc(C)ccc2CC1=O. The molecule has 2 aromatic rings. The van der Waals surface area contributed by atoms with Gasteiger partial charge in [0.1, 0.15) is 0 Å². The maximum atomic E-state index is 12.5. The van der Waals surface area contributed by atoms with E-state index in [1.54, 1.807) is 6.20 Å². The summed E-state index contributed by atoms with van der Waals surface area (Å²) in [5.74, 6) is 2.62. The van der Waals surface area contributed by atoms with Crippen LogP contribution in [0.25, 0.3) is 5.70 Å². The van der Waals surface area contributed by atoms with Gasteiger partial charge < -0.3 is 4.90 Å². The van der Waals surface area contributed by atoms with E-state index >= 15 is 0 Å². The van der Waals surface area contributed by atoms with Crippen LogP contribution >= 0.6 is 0 Å². The number of carbonyl (C=O) groups excluding carboxylic acids is 1. The lowest BCUT2D eigenvalue weighted by molar-refractivity contribution is -0.114. The summed E-state index contributed by atoms with van der Waals surface area (Å²) in [6.45, 7) is 3.58. The third-order valence-corrected chi connectivity index (χ3v) is 4.73. The molecule has 0 unspecified atom stereocenters. The minimum Gasteiger partial charge on any atom is -0.366 e. The third kappa shape index (κ3) is 2.31. The van der Waals surface area contributed by atoms with Crippen molar-refractivity contribution in [3.05, 3.63) is 53.1 Å². The van der Waals surface area contributed by atoms with Crippen LogP contribution in [0.15, 0.2) is 36.2 Å². The van der Waals surface area contributed by atoms with Crippen molar-refractivity contribution in [1.82, 2.24) is 19.7 Å². The van der Waals surface area contributed by atoms with Gasteiger partial charge in [0.2, 0.25) is 0 Å². The molecule has 1 fully saturated rings. The van der Waals surface area contributed by atoms with E-state index < -0.39 is 0 Å². The number of terminal acetylenes is 1. The second-order valence-electron chi connectivity index (χ2n) is 6.30. The smallest absolute Gasteiger partial charge is 0.177 e. The second-order valence-corrected chi connectivity index (χ2v) is 6.30. The molecule has 5 heteroatoms. The normalized spacial score (nSPS) is 20.2. The quantitative estimate of drug-likeness (QED) is 0.795. The number of Topliss-reactive ketones (excluding diaryl/α,β-unsaturated/α-hetero) is 1. The molecule has 0 amide bonds. The summed E-state index contributed by atoms with van der Waals surface area (Å²) in [5, 5.41) is 4.34. The second kappa shape index (κ2) is 5.64. The number of fused-ring (bicyclic) bond motifs is 1. The third-order valence-electron chi connectivity index (χ3n) is 4.73. The molecule has 3 heterocycles. The maximum Gasteiger partial charge on any atom is 0.177 e. The summed E-state index contributed by atoms with van der Waals surface area (Å²) >= 11 is 0. The highest BCUT2D eigenvalue weighted by atomic mass is 16.1. The molecule has 0 radical (unpaired) electrons. The Hall–Kier alpha value is -2.87. The molecule has 0 bridgehead atoms. The first-order valence-corrected chi connectivity index (χ1v) is 8.12. The number of nitrogens with zero attached hydrogens (tertiary/aromatic N) is 4. The van der Waals surface area contributed by atoms with Crippen LogP contribution in [-0.4, -0.2) is 38.5 Å². The summed E-state index contributed by atoms with van der Waals surface area (Å²) in [4.78, 5) is 19.4. The molecule has 1 saturated heterocycles. The van der Waals surface area contributed by atoms with Crippen molar-refractivity contribution in [2.24, 2.45) is 0 Å². The summed E-state index contributed by atoms with van der Waals surface area (Å²) in [6, 6.07) is 6.15. The van der Waals surface area contributed by atoms with Gasteiger partial charge in [-0.15, -0.1) is 6.42 Å². The van der Waals surface area contributed by atoms with Crippen LogP contribution in [0.4, 0.5) is 0 Å². The van der Waals surface area contributed by atoms with Crippen molar-refractivity contribution in [3.63, 3.8) is 0 Å². The Kier molecular flexibility index (Phi) is 3.46. The van der Waals surface area contributed by atoms with Gasteiger partial charge in [0, 0.05) is 37.6 Å². The van der Waals surface area contributed by atoms with Gasteiger partial charge in [-0.2, -0.15) is 5.10 Å². The summed E-state index contributed by atoms with van der Waals surface area (Å²) in [6.07, 6.45) is 10.8. The molecule has 0 spiro atoms. The van der Waals surface area contributed by atoms with Crippen molar-refractivity contribution < 1.29 is 4.79 Å². The number of allylic oxidation sites excluding steroid dienone is 1. The van der Waals surface area contributed by atoms with Gasteiger partial charge in [-0.3, -0.25) is 14.5 Å². The average molecular weight is 318 g/mol. The minimum absolute atomic E-state index is 0.00759. The van der Waals surface area contributed by atoms with E-state index in [0.717, 1.165) is 42.2 Å². The van der Waals surface area contributed by atoms with Crippen molar-refractivity contribution in [3.8, 4) is 12.3 Å². The van der Waals surface area contributed by atoms with Crippen LogP contribution in [0.3, 0.4) is 0 Å². The van der Waals surface area contributed by atoms with E-state index in [1.165, 1.54) is 0 Å². The van der Waals surface area contributed by atoms with Crippen LogP contribution in [-0.2, 0) is 11.2 Å². The maximum absolute atomic E-state index is 12.5. The predicted molar refractivity (Wildman–Crippen MR) is 90.9 cm³/mol. The Balaban J connectivity index is 1.76. The largest absolute Gasteiger partial charge is 0.366 e. The molecule has 5 nitrogen and oxygen atoms in total. The Bertz CT molecular complexity index is 873. The lowest BCUT2D eigenvalue weighted by Gasteiger charge is -2.28. The Morgan fingerprint density at radius 1 is 1.38 bits per heavy atom. The van der Waals surface area contributed by atoms with E-state index in [-0.39, 0.29) is 11.8 Å². The standard InChI is InChI=1S/C19H18N4O/c1-3-16-17(24)11-14-6-5-13(2)21-18(14)19(16)22-10-7-15(12-22)23-9-4-8-20-23/h1,4-6,8-9,15H,7,10-12H2,2H3/t15-/m1/s1. The first-order valence-electron chi connectivity index (χ1n) is 8.12. The molecule has 0 saturated carbocycles. The van der Waals surface area contributed by atoms with Crippen LogP contribution in [0.2, 0.25) is 0 Å². The number of rotatable bonds is 2. The molecule has 0 N–H and O–H groups in total. The summed E-state index contributed by atoms with van der Waals surface area (Å²) < 4.78 is 1.98. The number of pyridine rings is 1. The Labute approximate surface area is 141 Å². The van der Waals surface area contributed by atoms with Crippen LogP contribution in [0.1, 0.15) is 29.4 Å². The van der Waals surface area contributed by atoms with E-state index in [1.807, 2.05) is 36.0 Å². The molecule has 120 valence electrons. The molecular formula is C19H18N4O. The zero-order chi connectivity index (χ0) is 16.7. The fourth-order valence-corrected chi connectivity index (χ4v) is 3.56. The van der Waals surface area contributed by atoms with Gasteiger partial charge in [0.15, 0.2) is 5.78 Å². The zero-order valence-electron chi connectivity index (χ0n) is 13.6. The van der Waals surface area contributed by atoms with E-state index in [4.69, 9.17) is 11.4 Å². The molecule has 0 aromatic carbocycles. The molecule has 4 rings (SSSR count). The van der Waals surface area contributed by atoms with E-state index in [9.17, 15) is 4.79 Å². The van der Waals surface area contributed by atoms with Crippen molar-refractivity contribution >= 4 is 11.5 Å². The van der Waals surface area contributed by atoms with Gasteiger partial charge in [-0.25, -0.2) is 0 Å². The number of carbonyl (C=O) groups is 1. The molecule has 24 heavy (non-hydrogen) atoms. The van der Waals surface area contributed by atoms with Gasteiger partial charge in [0.25, 0.3) is 0 Å². The number of likely N-dealkylation sites (tertiary alicyclic amines) is 1. The van der Waals surface area contributed by atoms with Crippen LogP contribution < -0.4 is 0 Å². The van der Waals surface area contributed by atoms with E-state index in [2.05, 4.69) is 15.9 Å². The zero-order valence-corrected chi connectivity index (χ0v) is 13.6. The number of aromatic nitrogens is 3. The molecule has 1 aliphatic carbocycles. The fourth-order valence-electron chi connectivity index (χ4n) is 3.56. The molecule has 1 aliphatic heterocycles. The van der Waals surface area contributed by atoms with Crippen LogP contribution in [0, 0.1) is 19.3 Å². The molecular weight excluding hydrogens is 300 g/mol. The summed E-state index contributed by atoms with van der Waals surface area (Å²) in [7, 11) is 0. The van der Waals surface area contributed by atoms with Gasteiger partial charge in [-0.1, -0.05) is 12.0 Å². The minimum atomic E-state index is 0.00759. The molecule has 1 atom stereocenters. The Morgan fingerprint density at radius 3 is 3.00 bits per heavy atom. The lowest BCUT2D eigenvalue weighted by atomic mass is 9.91. The highest BCUT2D eigenvalue weighted by Gasteiger charge is 2.33. The monoisotopic (exact) mass is 318 g/mol. The molecule has 2 aliphatic rings. The van der Waals surface area contributed by atoms with Gasteiger partial charge >= 0.3 is 0 Å².